The van der Waals surface area contributed by atoms with E-state index in [-0.39, 0.29) is 16.9 Å². The number of nitrogens with one attached hydrogen (secondary N) is 2. The minimum atomic E-state index is -4.50. The van der Waals surface area contributed by atoms with Gasteiger partial charge < -0.3 is 11.1 Å². The number of halogens is 3. The maximum Gasteiger partial charge on any atom is 0.418 e. The minimum Gasteiger partial charge on any atom is -0.382 e. The highest BCUT2D eigenvalue weighted by atomic mass is 19.4. The summed E-state index contributed by atoms with van der Waals surface area (Å²) in [7, 11) is 0. The zero-order valence-corrected chi connectivity index (χ0v) is 14.8. The van der Waals surface area contributed by atoms with E-state index in [1.165, 1.54) is 38.4 Å². The number of aromatic nitrogens is 5. The normalized spacial score (nSPS) is 14.7. The molecule has 7 nitrogen and oxygen atoms in total. The number of anilines is 1. The summed E-state index contributed by atoms with van der Waals surface area (Å²) >= 11 is 0. The third-order valence-corrected chi connectivity index (χ3v) is 4.25. The van der Waals surface area contributed by atoms with E-state index in [1.54, 1.807) is 13.0 Å². The number of hydrogen-bond acceptors (Lipinski definition) is 6. The topological polar surface area (TPSA) is 105 Å². The fourth-order valence-corrected chi connectivity index (χ4v) is 2.92. The van der Waals surface area contributed by atoms with Crippen molar-refractivity contribution >= 4 is 16.9 Å². The molecule has 4 rings (SSSR count). The number of nitrogens with two attached hydrogens (primary N) is 1. The molecular weight excluding hydrogens is 359 g/mol. The van der Waals surface area contributed by atoms with Crippen LogP contribution in [0.1, 0.15) is 30.4 Å². The number of rotatable bonds is 1. The molecule has 27 heavy (non-hydrogen) atoms. The van der Waals surface area contributed by atoms with Crippen molar-refractivity contribution in [1.82, 2.24) is 30.9 Å². The first-order chi connectivity index (χ1) is 12.9. The quantitative estimate of drug-likeness (QED) is 0.600. The van der Waals surface area contributed by atoms with Gasteiger partial charge in [-0.3, -0.25) is 0 Å². The largest absolute Gasteiger partial charge is 0.418 e. The second-order valence-electron chi connectivity index (χ2n) is 6.29. The molecule has 1 saturated heterocycles. The molecule has 1 aliphatic heterocycles. The third kappa shape index (κ3) is 4.33. The van der Waals surface area contributed by atoms with Gasteiger partial charge in [-0.05, 0) is 56.6 Å². The number of aryl methyl sites for hydroxylation is 1. The standard InChI is InChI=1S/C12H9F3N6.C5H11N/c1-5-4-8(16)17-18-9(5)6-2-3-7(12(13,14)15)11-10(6)19-21-20-11;1-2-4-6-5-3-1/h2-4H,1H3,(H2,16,17)(H,19,20,21);6H,1-5H2. The fourth-order valence-electron chi connectivity index (χ4n) is 2.92. The Morgan fingerprint density at radius 3 is 2.26 bits per heavy atom. The van der Waals surface area contributed by atoms with Crippen LogP contribution in [-0.2, 0) is 6.18 Å². The molecule has 3 heterocycles. The molecule has 2 aromatic heterocycles. The van der Waals surface area contributed by atoms with E-state index in [0.717, 1.165) is 6.07 Å². The van der Waals surface area contributed by atoms with E-state index >= 15 is 0 Å². The molecule has 1 aliphatic rings. The van der Waals surface area contributed by atoms with Crippen molar-refractivity contribution in [3.05, 3.63) is 29.3 Å². The number of benzene rings is 1. The molecule has 0 amide bonds. The molecule has 144 valence electrons. The van der Waals surface area contributed by atoms with Crippen LogP contribution in [-0.4, -0.2) is 38.7 Å². The molecule has 0 spiro atoms. The highest BCUT2D eigenvalue weighted by Gasteiger charge is 2.34. The number of H-pyrrole nitrogens is 1. The molecule has 0 aliphatic carbocycles. The monoisotopic (exact) mass is 379 g/mol. The van der Waals surface area contributed by atoms with Gasteiger partial charge in [0.2, 0.25) is 0 Å². The molecular formula is C17H20F3N7. The molecule has 10 heteroatoms. The van der Waals surface area contributed by atoms with Crippen LogP contribution in [0.3, 0.4) is 0 Å². The van der Waals surface area contributed by atoms with Crippen molar-refractivity contribution < 1.29 is 13.2 Å². The number of aromatic amines is 1. The van der Waals surface area contributed by atoms with Crippen molar-refractivity contribution in [2.75, 3.05) is 18.8 Å². The summed E-state index contributed by atoms with van der Waals surface area (Å²) in [6, 6.07) is 3.85. The van der Waals surface area contributed by atoms with Crippen molar-refractivity contribution in [2.45, 2.75) is 32.4 Å². The van der Waals surface area contributed by atoms with Crippen LogP contribution in [0.2, 0.25) is 0 Å². The second-order valence-corrected chi connectivity index (χ2v) is 6.29. The molecule has 1 fully saturated rings. The highest BCUT2D eigenvalue weighted by Crippen LogP contribution is 2.37. The molecule has 0 bridgehead atoms. The second kappa shape index (κ2) is 7.87. The number of nitrogen functional groups attached to an aromatic ring is 1. The van der Waals surface area contributed by atoms with Gasteiger partial charge >= 0.3 is 6.18 Å². The Morgan fingerprint density at radius 1 is 1.00 bits per heavy atom. The predicted octanol–water partition coefficient (Wildman–Crippen LogP) is 3.08. The van der Waals surface area contributed by atoms with Gasteiger partial charge in [0.15, 0.2) is 0 Å². The SMILES string of the molecule is C1CCNCC1.Cc1cc(N)nnc1-c1ccc(C(F)(F)F)c2n[nH]nc12. The lowest BCUT2D eigenvalue weighted by Crippen LogP contribution is -2.21. The zero-order chi connectivity index (χ0) is 19.4. The van der Waals surface area contributed by atoms with E-state index < -0.39 is 11.7 Å². The minimum absolute atomic E-state index is 0.0898. The van der Waals surface area contributed by atoms with Crippen LogP contribution < -0.4 is 11.1 Å². The number of alkyl halides is 3. The number of hydrogen-bond donors (Lipinski definition) is 3. The van der Waals surface area contributed by atoms with Gasteiger partial charge in [0.05, 0.1) is 11.3 Å². The lowest BCUT2D eigenvalue weighted by atomic mass is 10.0. The Bertz CT molecular complexity index is 905. The van der Waals surface area contributed by atoms with Gasteiger partial charge in [0, 0.05) is 5.56 Å². The van der Waals surface area contributed by atoms with Gasteiger partial charge in [-0.1, -0.05) is 6.42 Å². The Labute approximate surface area is 153 Å². The van der Waals surface area contributed by atoms with E-state index in [2.05, 4.69) is 30.9 Å². The third-order valence-electron chi connectivity index (χ3n) is 4.25. The molecule has 3 aromatic rings. The Hall–Kier alpha value is -2.75. The fraction of sp³-hybridized carbons (Fsp3) is 0.412. The first kappa shape index (κ1) is 19.0. The number of fused-ring (bicyclic) bond motifs is 1. The maximum atomic E-state index is 12.9. The van der Waals surface area contributed by atoms with Crippen LogP contribution in [0, 0.1) is 6.92 Å². The smallest absolute Gasteiger partial charge is 0.382 e. The van der Waals surface area contributed by atoms with Crippen LogP contribution >= 0.6 is 0 Å². The average Bonchev–Trinajstić information content (AvgIpc) is 3.12. The summed E-state index contributed by atoms with van der Waals surface area (Å²) < 4.78 is 38.8. The zero-order valence-electron chi connectivity index (χ0n) is 14.8. The molecule has 0 unspecified atom stereocenters. The Kier molecular flexibility index (Phi) is 5.54. The number of piperidine rings is 1. The predicted molar refractivity (Wildman–Crippen MR) is 95.8 cm³/mol. The van der Waals surface area contributed by atoms with Crippen molar-refractivity contribution in [1.29, 1.82) is 0 Å². The lowest BCUT2D eigenvalue weighted by molar-refractivity contribution is -0.136. The highest BCUT2D eigenvalue weighted by molar-refractivity contribution is 5.93. The van der Waals surface area contributed by atoms with Crippen molar-refractivity contribution in [2.24, 2.45) is 0 Å². The lowest BCUT2D eigenvalue weighted by Gasteiger charge is -2.09. The Balaban J connectivity index is 0.000000299. The van der Waals surface area contributed by atoms with Gasteiger partial charge in [-0.25, -0.2) is 0 Å². The molecule has 1 aromatic carbocycles. The summed E-state index contributed by atoms with van der Waals surface area (Å²) in [6.07, 6.45) is -0.289. The summed E-state index contributed by atoms with van der Waals surface area (Å²) in [5.74, 6) is 0.236. The average molecular weight is 379 g/mol. The molecule has 4 N–H and O–H groups in total. The maximum absolute atomic E-state index is 12.9. The van der Waals surface area contributed by atoms with Crippen LogP contribution in [0.25, 0.3) is 22.3 Å². The van der Waals surface area contributed by atoms with E-state index in [0.29, 0.717) is 16.8 Å². The van der Waals surface area contributed by atoms with Crippen LogP contribution in [0.4, 0.5) is 19.0 Å². The van der Waals surface area contributed by atoms with E-state index in [4.69, 9.17) is 5.73 Å². The Morgan fingerprint density at radius 2 is 1.70 bits per heavy atom. The summed E-state index contributed by atoms with van der Waals surface area (Å²) in [5, 5.41) is 20.5. The van der Waals surface area contributed by atoms with Crippen LogP contribution in [0.15, 0.2) is 18.2 Å². The van der Waals surface area contributed by atoms with Gasteiger partial charge in [0.25, 0.3) is 0 Å². The number of nitrogens with zero attached hydrogens (tertiary/aromatic N) is 4. The summed E-state index contributed by atoms with van der Waals surface area (Å²) in [6.45, 7) is 4.24. The first-order valence-corrected chi connectivity index (χ1v) is 8.59. The van der Waals surface area contributed by atoms with Crippen molar-refractivity contribution in [3.63, 3.8) is 0 Å². The van der Waals surface area contributed by atoms with E-state index in [9.17, 15) is 13.2 Å². The molecule has 0 radical (unpaired) electrons. The van der Waals surface area contributed by atoms with Gasteiger partial charge in [0.1, 0.15) is 16.9 Å². The van der Waals surface area contributed by atoms with Crippen LogP contribution in [0.5, 0.6) is 0 Å². The molecule has 0 atom stereocenters. The summed E-state index contributed by atoms with van der Waals surface area (Å²) in [5.41, 5.74) is 6.02. The van der Waals surface area contributed by atoms with E-state index in [1.807, 2.05) is 0 Å². The summed E-state index contributed by atoms with van der Waals surface area (Å²) in [4.78, 5) is 0. The van der Waals surface area contributed by atoms with Crippen molar-refractivity contribution in [3.8, 4) is 11.3 Å². The molecule has 0 saturated carbocycles. The van der Waals surface area contributed by atoms with Gasteiger partial charge in [-0.2, -0.15) is 28.6 Å². The van der Waals surface area contributed by atoms with Gasteiger partial charge in [-0.15, -0.1) is 10.2 Å². The first-order valence-electron chi connectivity index (χ1n) is 8.59.